The van der Waals surface area contributed by atoms with Crippen LogP contribution in [0.4, 0.5) is 0 Å². The molecule has 5 heteroatoms. The highest BCUT2D eigenvalue weighted by molar-refractivity contribution is 9.10. The first-order valence-corrected chi connectivity index (χ1v) is 6.65. The van der Waals surface area contributed by atoms with Crippen LogP contribution < -0.4 is 5.32 Å². The van der Waals surface area contributed by atoms with Gasteiger partial charge >= 0.3 is 0 Å². The minimum atomic E-state index is -0.0936. The van der Waals surface area contributed by atoms with Gasteiger partial charge in [-0.3, -0.25) is 4.79 Å². The van der Waals surface area contributed by atoms with Crippen molar-refractivity contribution in [2.75, 3.05) is 25.6 Å². The molecule has 0 atom stereocenters. The van der Waals surface area contributed by atoms with Crippen molar-refractivity contribution in [3.8, 4) is 0 Å². The van der Waals surface area contributed by atoms with E-state index in [1.54, 1.807) is 6.07 Å². The van der Waals surface area contributed by atoms with Crippen LogP contribution in [-0.4, -0.2) is 31.5 Å². The maximum absolute atomic E-state index is 11.8. The normalized spacial score (nSPS) is 10.3. The maximum Gasteiger partial charge on any atom is 0.251 e. The van der Waals surface area contributed by atoms with Crippen LogP contribution in [0.2, 0.25) is 0 Å². The summed E-state index contributed by atoms with van der Waals surface area (Å²) in [5.74, 6) is 0.377. The Labute approximate surface area is 115 Å². The molecule has 1 amide bonds. The second kappa shape index (κ2) is 7.69. The van der Waals surface area contributed by atoms with E-state index in [0.717, 1.165) is 10.0 Å². The van der Waals surface area contributed by atoms with Crippen LogP contribution in [0.25, 0.3) is 0 Å². The van der Waals surface area contributed by atoms with Crippen LogP contribution >= 0.6 is 27.5 Å². The molecule has 1 rings (SSSR count). The Morgan fingerprint density at radius 1 is 1.41 bits per heavy atom. The van der Waals surface area contributed by atoms with E-state index in [0.29, 0.717) is 31.2 Å². The zero-order valence-corrected chi connectivity index (χ0v) is 12.0. The van der Waals surface area contributed by atoms with Gasteiger partial charge in [-0.25, -0.2) is 0 Å². The highest BCUT2D eigenvalue weighted by Gasteiger charge is 2.06. The molecule has 0 aliphatic rings. The molecule has 1 aromatic rings. The van der Waals surface area contributed by atoms with E-state index in [1.807, 2.05) is 19.1 Å². The molecule has 0 bridgehead atoms. The number of benzene rings is 1. The molecule has 94 valence electrons. The topological polar surface area (TPSA) is 38.3 Å². The zero-order valence-electron chi connectivity index (χ0n) is 9.63. The summed E-state index contributed by atoms with van der Waals surface area (Å²) in [6.45, 7) is 3.42. The summed E-state index contributed by atoms with van der Waals surface area (Å²) < 4.78 is 6.06. The summed E-state index contributed by atoms with van der Waals surface area (Å²) in [6.07, 6.45) is 0. The summed E-state index contributed by atoms with van der Waals surface area (Å²) in [6, 6.07) is 5.60. The third-order valence-corrected chi connectivity index (χ3v) is 2.67. The quantitative estimate of drug-likeness (QED) is 0.646. The molecule has 17 heavy (non-hydrogen) atoms. The van der Waals surface area contributed by atoms with Gasteiger partial charge in [0.05, 0.1) is 13.2 Å². The van der Waals surface area contributed by atoms with Gasteiger partial charge in [-0.2, -0.15) is 0 Å². The van der Waals surface area contributed by atoms with Crippen LogP contribution in [0.3, 0.4) is 0 Å². The van der Waals surface area contributed by atoms with Crippen LogP contribution in [0, 0.1) is 6.92 Å². The smallest absolute Gasteiger partial charge is 0.251 e. The number of carbonyl (C=O) groups excluding carboxylic acids is 1. The largest absolute Gasteiger partial charge is 0.378 e. The van der Waals surface area contributed by atoms with E-state index >= 15 is 0 Å². The molecule has 0 heterocycles. The molecule has 0 aliphatic heterocycles. The lowest BCUT2D eigenvalue weighted by atomic mass is 10.1. The molecule has 0 spiro atoms. The fourth-order valence-corrected chi connectivity index (χ4v) is 2.08. The molecule has 0 aromatic heterocycles. The van der Waals surface area contributed by atoms with Gasteiger partial charge in [-0.15, -0.1) is 11.6 Å². The summed E-state index contributed by atoms with van der Waals surface area (Å²) in [5.41, 5.74) is 1.69. The van der Waals surface area contributed by atoms with Gasteiger partial charge in [0.25, 0.3) is 5.91 Å². The van der Waals surface area contributed by atoms with Crippen molar-refractivity contribution in [1.29, 1.82) is 0 Å². The lowest BCUT2D eigenvalue weighted by Crippen LogP contribution is -2.27. The minimum absolute atomic E-state index is 0.0936. The van der Waals surface area contributed by atoms with Gasteiger partial charge in [-0.1, -0.05) is 15.9 Å². The Balaban J connectivity index is 2.41. The van der Waals surface area contributed by atoms with Crippen LogP contribution in [-0.2, 0) is 4.74 Å². The molecule has 0 radical (unpaired) electrons. The van der Waals surface area contributed by atoms with Gasteiger partial charge in [0.1, 0.15) is 0 Å². The van der Waals surface area contributed by atoms with Crippen molar-refractivity contribution in [3.05, 3.63) is 33.8 Å². The predicted octanol–water partition coefficient (Wildman–Crippen LogP) is 2.74. The summed E-state index contributed by atoms with van der Waals surface area (Å²) in [5, 5.41) is 2.78. The minimum Gasteiger partial charge on any atom is -0.378 e. The van der Waals surface area contributed by atoms with E-state index in [9.17, 15) is 4.79 Å². The molecule has 3 nitrogen and oxygen atoms in total. The average Bonchev–Trinajstić information content (AvgIpc) is 2.27. The fraction of sp³-hybridized carbons (Fsp3) is 0.417. The van der Waals surface area contributed by atoms with Crippen LogP contribution in [0.15, 0.2) is 22.7 Å². The number of nitrogens with one attached hydrogen (secondary N) is 1. The molecule has 0 saturated heterocycles. The van der Waals surface area contributed by atoms with Gasteiger partial charge in [0.2, 0.25) is 0 Å². The zero-order chi connectivity index (χ0) is 12.7. The van der Waals surface area contributed by atoms with E-state index in [1.165, 1.54) is 0 Å². The van der Waals surface area contributed by atoms with Crippen molar-refractivity contribution < 1.29 is 9.53 Å². The number of hydrogen-bond donors (Lipinski definition) is 1. The average molecular weight is 321 g/mol. The third kappa shape index (κ3) is 5.52. The molecule has 1 N–H and O–H groups in total. The van der Waals surface area contributed by atoms with E-state index in [-0.39, 0.29) is 5.91 Å². The molecule has 0 saturated carbocycles. The number of halogens is 2. The van der Waals surface area contributed by atoms with Crippen molar-refractivity contribution >= 4 is 33.4 Å². The Bertz CT molecular complexity index is 365. The van der Waals surface area contributed by atoms with Gasteiger partial charge in [0.15, 0.2) is 0 Å². The second-order valence-electron chi connectivity index (χ2n) is 3.57. The Kier molecular flexibility index (Phi) is 6.55. The fourth-order valence-electron chi connectivity index (χ4n) is 1.36. The molecule has 0 fully saturated rings. The number of amides is 1. The summed E-state index contributed by atoms with van der Waals surface area (Å²) in [7, 11) is 0. The lowest BCUT2D eigenvalue weighted by molar-refractivity contribution is 0.0923. The molecule has 0 unspecified atom stereocenters. The molecular weight excluding hydrogens is 305 g/mol. The van der Waals surface area contributed by atoms with Crippen molar-refractivity contribution in [2.45, 2.75) is 6.92 Å². The molecule has 1 aromatic carbocycles. The molecular formula is C12H15BrClNO2. The first kappa shape index (κ1) is 14.5. The first-order valence-electron chi connectivity index (χ1n) is 5.32. The number of aryl methyl sites for hydroxylation is 1. The number of rotatable bonds is 6. The van der Waals surface area contributed by atoms with E-state index in [2.05, 4.69) is 21.2 Å². The Morgan fingerprint density at radius 2 is 2.18 bits per heavy atom. The van der Waals surface area contributed by atoms with Crippen molar-refractivity contribution in [2.24, 2.45) is 0 Å². The molecule has 0 aliphatic carbocycles. The first-order chi connectivity index (χ1) is 8.13. The van der Waals surface area contributed by atoms with Crippen LogP contribution in [0.1, 0.15) is 15.9 Å². The third-order valence-electron chi connectivity index (χ3n) is 2.06. The maximum atomic E-state index is 11.8. The highest BCUT2D eigenvalue weighted by Crippen LogP contribution is 2.15. The van der Waals surface area contributed by atoms with Crippen LogP contribution in [0.5, 0.6) is 0 Å². The number of ether oxygens (including phenoxy) is 1. The predicted molar refractivity (Wildman–Crippen MR) is 72.8 cm³/mol. The highest BCUT2D eigenvalue weighted by atomic mass is 79.9. The van der Waals surface area contributed by atoms with Crippen molar-refractivity contribution in [1.82, 2.24) is 5.32 Å². The second-order valence-corrected chi connectivity index (χ2v) is 4.87. The van der Waals surface area contributed by atoms with Gasteiger partial charge in [0, 0.05) is 22.5 Å². The van der Waals surface area contributed by atoms with Crippen molar-refractivity contribution in [3.63, 3.8) is 0 Å². The monoisotopic (exact) mass is 319 g/mol. The number of alkyl halides is 1. The van der Waals surface area contributed by atoms with Gasteiger partial charge < -0.3 is 10.1 Å². The summed E-state index contributed by atoms with van der Waals surface area (Å²) >= 11 is 8.82. The number of hydrogen-bond acceptors (Lipinski definition) is 2. The Hall–Kier alpha value is -0.580. The van der Waals surface area contributed by atoms with E-state index < -0.39 is 0 Å². The Morgan fingerprint density at radius 3 is 2.82 bits per heavy atom. The van der Waals surface area contributed by atoms with Gasteiger partial charge in [-0.05, 0) is 30.7 Å². The lowest BCUT2D eigenvalue weighted by Gasteiger charge is -2.06. The standard InChI is InChI=1S/C12H15BrClNO2/c1-9-6-10(8-11(13)7-9)12(16)15-3-5-17-4-2-14/h6-8H,2-5H2,1H3,(H,15,16). The number of carbonyl (C=O) groups is 1. The van der Waals surface area contributed by atoms with E-state index in [4.69, 9.17) is 16.3 Å². The summed E-state index contributed by atoms with van der Waals surface area (Å²) in [4.78, 5) is 11.8. The SMILES string of the molecule is Cc1cc(Br)cc(C(=O)NCCOCCCl)c1.